The fraction of sp³-hybridized carbons (Fsp3) is 0.400. The SMILES string of the molecule is CCOC(=O)CC(c1ccc(C)c(CN2CC(CC)Oc3ncccc3S2(=O)=O)c1)c1ccc2c(nnn2C)c1C. The van der Waals surface area contributed by atoms with Gasteiger partial charge in [-0.1, -0.05) is 36.4 Å². The maximum absolute atomic E-state index is 13.8. The van der Waals surface area contributed by atoms with Crippen LogP contribution in [0.4, 0.5) is 0 Å². The maximum atomic E-state index is 13.8. The van der Waals surface area contributed by atoms with E-state index < -0.39 is 10.0 Å². The number of hydrogen-bond donors (Lipinski definition) is 0. The van der Waals surface area contributed by atoms with E-state index in [2.05, 4.69) is 15.3 Å². The fourth-order valence-electron chi connectivity index (χ4n) is 5.37. The Balaban J connectivity index is 1.56. The average molecular weight is 578 g/mol. The number of aromatic nitrogens is 4. The minimum absolute atomic E-state index is 0.0674. The first-order valence-electron chi connectivity index (χ1n) is 13.8. The number of carbonyl (C=O) groups excluding carboxylic acids is 1. The number of benzene rings is 2. The van der Waals surface area contributed by atoms with Crippen LogP contribution in [0.5, 0.6) is 5.88 Å². The van der Waals surface area contributed by atoms with Gasteiger partial charge in [-0.3, -0.25) is 4.79 Å². The zero-order valence-corrected chi connectivity index (χ0v) is 24.8. The number of pyridine rings is 1. The molecule has 2 unspecified atom stereocenters. The molecule has 2 aromatic heterocycles. The molecule has 2 aromatic carbocycles. The number of carbonyl (C=O) groups is 1. The van der Waals surface area contributed by atoms with E-state index in [-0.39, 0.29) is 54.9 Å². The van der Waals surface area contributed by atoms with E-state index in [1.165, 1.54) is 16.6 Å². The lowest BCUT2D eigenvalue weighted by atomic mass is 9.84. The molecule has 0 saturated heterocycles. The van der Waals surface area contributed by atoms with Crippen molar-refractivity contribution in [1.82, 2.24) is 24.3 Å². The molecule has 41 heavy (non-hydrogen) atoms. The van der Waals surface area contributed by atoms with Crippen molar-refractivity contribution in [2.24, 2.45) is 7.05 Å². The second kappa shape index (κ2) is 11.6. The Morgan fingerprint density at radius 3 is 2.73 bits per heavy atom. The lowest BCUT2D eigenvalue weighted by Gasteiger charge is -2.25. The van der Waals surface area contributed by atoms with Crippen molar-refractivity contribution in [3.05, 3.63) is 76.5 Å². The third kappa shape index (κ3) is 5.56. The summed E-state index contributed by atoms with van der Waals surface area (Å²) >= 11 is 0. The largest absolute Gasteiger partial charge is 0.472 e. The number of nitrogens with zero attached hydrogens (tertiary/aromatic N) is 5. The van der Waals surface area contributed by atoms with Gasteiger partial charge in [0.2, 0.25) is 15.9 Å². The second-order valence-electron chi connectivity index (χ2n) is 10.4. The van der Waals surface area contributed by atoms with Crippen LogP contribution < -0.4 is 4.74 Å². The van der Waals surface area contributed by atoms with Crippen LogP contribution >= 0.6 is 0 Å². The number of rotatable bonds is 8. The van der Waals surface area contributed by atoms with Gasteiger partial charge in [0, 0.05) is 25.7 Å². The van der Waals surface area contributed by atoms with Crippen molar-refractivity contribution in [2.45, 2.75) is 64.0 Å². The molecule has 0 N–H and O–H groups in total. The van der Waals surface area contributed by atoms with Gasteiger partial charge in [-0.2, -0.15) is 4.31 Å². The van der Waals surface area contributed by atoms with Crippen LogP contribution in [0.1, 0.15) is 60.4 Å². The van der Waals surface area contributed by atoms with E-state index in [4.69, 9.17) is 9.47 Å². The molecular weight excluding hydrogens is 542 g/mol. The first-order chi connectivity index (χ1) is 19.6. The number of aryl methyl sites for hydroxylation is 3. The normalized spacial score (nSPS) is 17.4. The Morgan fingerprint density at radius 2 is 1.98 bits per heavy atom. The van der Waals surface area contributed by atoms with Gasteiger partial charge in [0.15, 0.2) is 0 Å². The summed E-state index contributed by atoms with van der Waals surface area (Å²) in [6.07, 6.45) is 1.97. The van der Waals surface area contributed by atoms with Gasteiger partial charge in [0.1, 0.15) is 16.5 Å². The van der Waals surface area contributed by atoms with Crippen LogP contribution in [0.2, 0.25) is 0 Å². The van der Waals surface area contributed by atoms with Crippen molar-refractivity contribution in [2.75, 3.05) is 13.2 Å². The molecule has 2 atom stereocenters. The van der Waals surface area contributed by atoms with Crippen LogP contribution in [0.15, 0.2) is 53.6 Å². The minimum atomic E-state index is -3.86. The van der Waals surface area contributed by atoms with Gasteiger partial charge < -0.3 is 9.47 Å². The van der Waals surface area contributed by atoms with E-state index in [0.717, 1.165) is 38.9 Å². The molecule has 5 rings (SSSR count). The van der Waals surface area contributed by atoms with Crippen LogP contribution in [-0.4, -0.2) is 57.9 Å². The Hall–Kier alpha value is -3.83. The molecule has 1 aliphatic heterocycles. The Bertz CT molecular complexity index is 1700. The summed E-state index contributed by atoms with van der Waals surface area (Å²) in [6, 6.07) is 13.1. The predicted molar refractivity (Wildman–Crippen MR) is 154 cm³/mol. The molecule has 3 heterocycles. The highest BCUT2D eigenvalue weighted by Crippen LogP contribution is 2.36. The second-order valence-corrected chi connectivity index (χ2v) is 12.3. The third-order valence-electron chi connectivity index (χ3n) is 7.75. The molecule has 0 radical (unpaired) electrons. The van der Waals surface area contributed by atoms with Crippen molar-refractivity contribution >= 4 is 27.0 Å². The molecule has 4 aromatic rings. The van der Waals surface area contributed by atoms with Crippen molar-refractivity contribution < 1.29 is 22.7 Å². The lowest BCUT2D eigenvalue weighted by molar-refractivity contribution is -0.143. The highest BCUT2D eigenvalue weighted by molar-refractivity contribution is 7.89. The summed E-state index contributed by atoms with van der Waals surface area (Å²) in [5.74, 6) is -0.491. The lowest BCUT2D eigenvalue weighted by Crippen LogP contribution is -2.36. The zero-order valence-electron chi connectivity index (χ0n) is 24.0. The fourth-order valence-corrected chi connectivity index (χ4v) is 6.89. The van der Waals surface area contributed by atoms with E-state index in [1.54, 1.807) is 17.7 Å². The van der Waals surface area contributed by atoms with Gasteiger partial charge in [-0.25, -0.2) is 18.1 Å². The first-order valence-corrected chi connectivity index (χ1v) is 15.2. The van der Waals surface area contributed by atoms with Crippen LogP contribution in [0, 0.1) is 13.8 Å². The molecule has 11 heteroatoms. The van der Waals surface area contributed by atoms with E-state index in [9.17, 15) is 13.2 Å². The smallest absolute Gasteiger partial charge is 0.306 e. The summed E-state index contributed by atoms with van der Waals surface area (Å²) in [5.41, 5.74) is 6.25. The van der Waals surface area contributed by atoms with E-state index in [0.29, 0.717) is 6.42 Å². The summed E-state index contributed by atoms with van der Waals surface area (Å²) < 4.78 is 42.0. The van der Waals surface area contributed by atoms with E-state index in [1.807, 2.05) is 58.2 Å². The first kappa shape index (κ1) is 28.7. The zero-order chi connectivity index (χ0) is 29.3. The van der Waals surface area contributed by atoms with Crippen molar-refractivity contribution in [1.29, 1.82) is 0 Å². The van der Waals surface area contributed by atoms with E-state index >= 15 is 0 Å². The maximum Gasteiger partial charge on any atom is 0.306 e. The highest BCUT2D eigenvalue weighted by Gasteiger charge is 2.35. The third-order valence-corrected chi connectivity index (χ3v) is 9.57. The molecule has 0 spiro atoms. The highest BCUT2D eigenvalue weighted by atomic mass is 32.2. The number of sulfonamides is 1. The molecule has 0 fully saturated rings. The van der Waals surface area contributed by atoms with Crippen molar-refractivity contribution in [3.8, 4) is 5.88 Å². The van der Waals surface area contributed by atoms with Gasteiger partial charge in [0.05, 0.1) is 25.1 Å². The molecule has 0 bridgehead atoms. The molecular formula is C30H35N5O5S. The Labute approximate surface area is 240 Å². The predicted octanol–water partition coefficient (Wildman–Crippen LogP) is 4.43. The quantitative estimate of drug-likeness (QED) is 0.283. The molecule has 0 aliphatic carbocycles. The average Bonchev–Trinajstić information content (AvgIpc) is 3.29. The van der Waals surface area contributed by atoms with Crippen LogP contribution in [-0.2, 0) is 33.1 Å². The number of esters is 1. The summed E-state index contributed by atoms with van der Waals surface area (Å²) in [5, 5.41) is 8.50. The van der Waals surface area contributed by atoms with Gasteiger partial charge >= 0.3 is 5.97 Å². The summed E-state index contributed by atoms with van der Waals surface area (Å²) in [6.45, 7) is 8.35. The molecule has 0 amide bonds. The number of ether oxygens (including phenoxy) is 2. The van der Waals surface area contributed by atoms with Gasteiger partial charge in [-0.15, -0.1) is 5.10 Å². The minimum Gasteiger partial charge on any atom is -0.472 e. The van der Waals surface area contributed by atoms with Crippen LogP contribution in [0.3, 0.4) is 0 Å². The summed E-state index contributed by atoms with van der Waals surface area (Å²) in [7, 11) is -2.02. The topological polar surface area (TPSA) is 117 Å². The van der Waals surface area contributed by atoms with Gasteiger partial charge in [0.25, 0.3) is 0 Å². The van der Waals surface area contributed by atoms with Crippen LogP contribution in [0.25, 0.3) is 11.0 Å². The van der Waals surface area contributed by atoms with Crippen molar-refractivity contribution in [3.63, 3.8) is 0 Å². The number of fused-ring (bicyclic) bond motifs is 2. The molecule has 10 nitrogen and oxygen atoms in total. The standard InChI is InChI=1S/C30H35N5O5S/c1-6-23-18-35(41(37,38)27-9-8-14-31-30(27)40-23)17-22-15-21(11-10-19(22)3)25(16-28(36)39-7-2)24-12-13-26-29(20(24)4)32-33-34(26)5/h8-15,23,25H,6-7,16-18H2,1-5H3. The number of hydrogen-bond acceptors (Lipinski definition) is 8. The molecule has 216 valence electrons. The summed E-state index contributed by atoms with van der Waals surface area (Å²) in [4.78, 5) is 17.1. The van der Waals surface area contributed by atoms with Gasteiger partial charge in [-0.05, 0) is 73.2 Å². The molecule has 0 saturated carbocycles. The Morgan fingerprint density at radius 1 is 1.17 bits per heavy atom. The Kier molecular flexibility index (Phi) is 8.10. The molecule has 1 aliphatic rings. The monoisotopic (exact) mass is 577 g/mol.